The Morgan fingerprint density at radius 3 is 2.38 bits per heavy atom. The van der Waals surface area contributed by atoms with Crippen LogP contribution in [-0.4, -0.2) is 5.91 Å². The van der Waals surface area contributed by atoms with Crippen molar-refractivity contribution in [3.05, 3.63) is 70.5 Å². The Morgan fingerprint density at radius 2 is 1.76 bits per heavy atom. The Balaban J connectivity index is 2.16. The van der Waals surface area contributed by atoms with Crippen LogP contribution in [0.4, 0.5) is 13.2 Å². The molecule has 0 spiro atoms. The van der Waals surface area contributed by atoms with Crippen LogP contribution in [0, 0.1) is 24.4 Å². The summed E-state index contributed by atoms with van der Waals surface area (Å²) in [5, 5.41) is 2.67. The first kappa shape index (κ1) is 15.1. The molecule has 0 saturated carbocycles. The van der Waals surface area contributed by atoms with E-state index in [9.17, 15) is 18.0 Å². The fourth-order valence-corrected chi connectivity index (χ4v) is 2.02. The molecule has 110 valence electrons. The molecule has 1 amide bonds. The van der Waals surface area contributed by atoms with Crippen LogP contribution < -0.4 is 5.32 Å². The molecule has 1 atom stereocenters. The van der Waals surface area contributed by atoms with Crippen molar-refractivity contribution in [3.63, 3.8) is 0 Å². The summed E-state index contributed by atoms with van der Waals surface area (Å²) in [6.45, 7) is 3.28. The predicted octanol–water partition coefficient (Wildman–Crippen LogP) is 3.90. The second kappa shape index (κ2) is 5.99. The molecular weight excluding hydrogens is 279 g/mol. The molecule has 2 nitrogen and oxygen atoms in total. The zero-order valence-electron chi connectivity index (χ0n) is 11.6. The molecule has 0 aliphatic carbocycles. The van der Waals surface area contributed by atoms with Gasteiger partial charge < -0.3 is 5.32 Å². The van der Waals surface area contributed by atoms with E-state index in [1.165, 1.54) is 24.3 Å². The molecule has 0 bridgehead atoms. The summed E-state index contributed by atoms with van der Waals surface area (Å²) in [5.41, 5.74) is 1.29. The number of aryl methyl sites for hydroxylation is 1. The monoisotopic (exact) mass is 293 g/mol. The van der Waals surface area contributed by atoms with Gasteiger partial charge in [0, 0.05) is 5.56 Å². The third-order valence-electron chi connectivity index (χ3n) is 3.22. The molecule has 1 unspecified atom stereocenters. The minimum Gasteiger partial charge on any atom is -0.346 e. The Morgan fingerprint density at radius 1 is 1.05 bits per heavy atom. The normalized spacial score (nSPS) is 12.0. The average molecular weight is 293 g/mol. The number of hydrogen-bond donors (Lipinski definition) is 1. The molecule has 0 fully saturated rings. The summed E-state index contributed by atoms with van der Waals surface area (Å²) >= 11 is 0. The van der Waals surface area contributed by atoms with Crippen molar-refractivity contribution in [2.75, 3.05) is 0 Å². The van der Waals surface area contributed by atoms with Crippen LogP contribution in [0.5, 0.6) is 0 Å². The minimum atomic E-state index is -0.966. The highest BCUT2D eigenvalue weighted by Gasteiger charge is 2.15. The van der Waals surface area contributed by atoms with Crippen molar-refractivity contribution >= 4 is 5.91 Å². The molecule has 0 heterocycles. The van der Waals surface area contributed by atoms with Gasteiger partial charge in [0.15, 0.2) is 11.6 Å². The third kappa shape index (κ3) is 3.42. The Labute approximate surface area is 120 Å². The number of benzene rings is 2. The largest absolute Gasteiger partial charge is 0.346 e. The SMILES string of the molecule is Cc1cc(F)ccc1C(=O)NC(C)c1ccc(F)c(F)c1. The van der Waals surface area contributed by atoms with Crippen LogP contribution in [0.3, 0.4) is 0 Å². The second-order valence-electron chi connectivity index (χ2n) is 4.83. The molecule has 2 aromatic carbocycles. The Kier molecular flexibility index (Phi) is 4.31. The summed E-state index contributed by atoms with van der Waals surface area (Å²) in [4.78, 5) is 12.1. The van der Waals surface area contributed by atoms with Crippen LogP contribution in [-0.2, 0) is 0 Å². The molecule has 0 radical (unpaired) electrons. The van der Waals surface area contributed by atoms with Gasteiger partial charge in [0.1, 0.15) is 5.82 Å². The molecule has 0 saturated heterocycles. The fraction of sp³-hybridized carbons (Fsp3) is 0.188. The first-order valence-electron chi connectivity index (χ1n) is 6.40. The maximum Gasteiger partial charge on any atom is 0.252 e. The maximum absolute atomic E-state index is 13.2. The highest BCUT2D eigenvalue weighted by atomic mass is 19.2. The van der Waals surface area contributed by atoms with Gasteiger partial charge >= 0.3 is 0 Å². The molecule has 1 N–H and O–H groups in total. The lowest BCUT2D eigenvalue weighted by Crippen LogP contribution is -2.27. The molecule has 0 aromatic heterocycles. The summed E-state index contributed by atoms with van der Waals surface area (Å²) in [6.07, 6.45) is 0. The van der Waals surface area contributed by atoms with Gasteiger partial charge in [-0.3, -0.25) is 4.79 Å². The number of amides is 1. The zero-order valence-corrected chi connectivity index (χ0v) is 11.6. The van der Waals surface area contributed by atoms with Crippen LogP contribution >= 0.6 is 0 Å². The first-order valence-corrected chi connectivity index (χ1v) is 6.40. The van der Waals surface area contributed by atoms with Crippen LogP contribution in [0.1, 0.15) is 34.5 Å². The van der Waals surface area contributed by atoms with Crippen LogP contribution in [0.25, 0.3) is 0 Å². The van der Waals surface area contributed by atoms with Crippen molar-refractivity contribution in [3.8, 4) is 0 Å². The summed E-state index contributed by atoms with van der Waals surface area (Å²) in [6, 6.07) is 6.80. The van der Waals surface area contributed by atoms with Gasteiger partial charge in [0.2, 0.25) is 0 Å². The molecule has 0 aliphatic heterocycles. The van der Waals surface area contributed by atoms with Crippen molar-refractivity contribution < 1.29 is 18.0 Å². The Bertz CT molecular complexity index is 685. The van der Waals surface area contributed by atoms with Gasteiger partial charge in [0.25, 0.3) is 5.91 Å². The molecule has 2 aromatic rings. The maximum atomic E-state index is 13.2. The van der Waals surface area contributed by atoms with E-state index in [-0.39, 0.29) is 0 Å². The van der Waals surface area contributed by atoms with Crippen molar-refractivity contribution in [1.82, 2.24) is 5.32 Å². The van der Waals surface area contributed by atoms with E-state index in [0.29, 0.717) is 16.7 Å². The molecule has 2 rings (SSSR count). The van der Waals surface area contributed by atoms with Gasteiger partial charge in [-0.05, 0) is 55.3 Å². The third-order valence-corrected chi connectivity index (χ3v) is 3.22. The lowest BCUT2D eigenvalue weighted by atomic mass is 10.1. The van der Waals surface area contributed by atoms with Crippen molar-refractivity contribution in [2.45, 2.75) is 19.9 Å². The van der Waals surface area contributed by atoms with Crippen LogP contribution in [0.15, 0.2) is 36.4 Å². The van der Waals surface area contributed by atoms with E-state index >= 15 is 0 Å². The lowest BCUT2D eigenvalue weighted by Gasteiger charge is -2.15. The fourth-order valence-electron chi connectivity index (χ4n) is 2.02. The number of carbonyl (C=O) groups excluding carboxylic acids is 1. The van der Waals surface area contributed by atoms with Gasteiger partial charge in [-0.2, -0.15) is 0 Å². The summed E-state index contributed by atoms with van der Waals surface area (Å²) in [7, 11) is 0. The Hall–Kier alpha value is -2.30. The number of nitrogens with one attached hydrogen (secondary N) is 1. The van der Waals surface area contributed by atoms with E-state index in [1.807, 2.05) is 0 Å². The quantitative estimate of drug-likeness (QED) is 0.913. The van der Waals surface area contributed by atoms with Gasteiger partial charge in [-0.25, -0.2) is 13.2 Å². The molecule has 21 heavy (non-hydrogen) atoms. The summed E-state index contributed by atoms with van der Waals surface area (Å²) in [5.74, 6) is -2.72. The lowest BCUT2D eigenvalue weighted by molar-refractivity contribution is 0.0939. The number of carbonyl (C=O) groups is 1. The van der Waals surface area contributed by atoms with E-state index in [1.54, 1.807) is 13.8 Å². The van der Waals surface area contributed by atoms with Crippen molar-refractivity contribution in [1.29, 1.82) is 0 Å². The van der Waals surface area contributed by atoms with E-state index in [0.717, 1.165) is 12.1 Å². The highest BCUT2D eigenvalue weighted by molar-refractivity contribution is 5.95. The van der Waals surface area contributed by atoms with Gasteiger partial charge in [0.05, 0.1) is 6.04 Å². The van der Waals surface area contributed by atoms with Gasteiger partial charge in [-0.1, -0.05) is 6.07 Å². The number of hydrogen-bond acceptors (Lipinski definition) is 1. The molecule has 5 heteroatoms. The van der Waals surface area contributed by atoms with Crippen molar-refractivity contribution in [2.24, 2.45) is 0 Å². The zero-order chi connectivity index (χ0) is 15.6. The summed E-state index contributed by atoms with van der Waals surface area (Å²) < 4.78 is 39.1. The minimum absolute atomic E-state index is 0.339. The smallest absolute Gasteiger partial charge is 0.252 e. The van der Waals surface area contributed by atoms with E-state index in [4.69, 9.17) is 0 Å². The van der Waals surface area contributed by atoms with Gasteiger partial charge in [-0.15, -0.1) is 0 Å². The predicted molar refractivity (Wildman–Crippen MR) is 73.4 cm³/mol. The topological polar surface area (TPSA) is 29.1 Å². The average Bonchev–Trinajstić information content (AvgIpc) is 2.41. The van der Waals surface area contributed by atoms with Crippen LogP contribution in [0.2, 0.25) is 0 Å². The standard InChI is InChI=1S/C16H14F3NO/c1-9-7-12(17)4-5-13(9)16(21)20-10(2)11-3-6-14(18)15(19)8-11/h3-8,10H,1-2H3,(H,20,21). The number of rotatable bonds is 3. The highest BCUT2D eigenvalue weighted by Crippen LogP contribution is 2.17. The first-order chi connectivity index (χ1) is 9.88. The number of halogens is 3. The second-order valence-corrected chi connectivity index (χ2v) is 4.83. The molecular formula is C16H14F3NO. The van der Waals surface area contributed by atoms with E-state index in [2.05, 4.69) is 5.32 Å². The van der Waals surface area contributed by atoms with E-state index < -0.39 is 29.4 Å². The molecule has 0 aliphatic rings.